The maximum absolute atomic E-state index is 11.6. The molecule has 0 aliphatic rings. The molecule has 0 aromatic heterocycles. The lowest BCUT2D eigenvalue weighted by Gasteiger charge is -2.22. The van der Waals surface area contributed by atoms with Crippen LogP contribution in [0, 0.1) is 5.92 Å². The molecule has 0 aliphatic carbocycles. The van der Waals surface area contributed by atoms with Crippen molar-refractivity contribution >= 4 is 11.9 Å². The molecule has 0 aliphatic heterocycles. The lowest BCUT2D eigenvalue weighted by atomic mass is 10.1. The molecule has 88 valence electrons. The van der Waals surface area contributed by atoms with E-state index in [1.807, 2.05) is 6.92 Å². The third kappa shape index (κ3) is 4.29. The zero-order chi connectivity index (χ0) is 12.0. The molecule has 0 heterocycles. The van der Waals surface area contributed by atoms with Gasteiger partial charge in [-0.2, -0.15) is 0 Å². The molecular weight excluding hydrogens is 196 g/mol. The fraction of sp³-hybridized carbons (Fsp3) is 0.800. The molecule has 2 N–H and O–H groups in total. The zero-order valence-electron chi connectivity index (χ0n) is 9.82. The molecule has 0 saturated heterocycles. The Morgan fingerprint density at radius 2 is 2.00 bits per heavy atom. The lowest BCUT2D eigenvalue weighted by molar-refractivity contribution is -0.146. The average Bonchev–Trinajstić information content (AvgIpc) is 2.25. The smallest absolute Gasteiger partial charge is 0.310 e. The van der Waals surface area contributed by atoms with E-state index in [1.54, 1.807) is 14.0 Å². The highest BCUT2D eigenvalue weighted by Crippen LogP contribution is 2.02. The van der Waals surface area contributed by atoms with Gasteiger partial charge in [-0.25, -0.2) is 0 Å². The van der Waals surface area contributed by atoms with Gasteiger partial charge >= 0.3 is 5.97 Å². The van der Waals surface area contributed by atoms with Crippen molar-refractivity contribution in [2.75, 3.05) is 20.7 Å². The molecular formula is C10H20N2O3. The Hall–Kier alpha value is -1.10. The number of nitrogens with two attached hydrogens (primary N) is 1. The monoisotopic (exact) mass is 216 g/mol. The third-order valence-corrected chi connectivity index (χ3v) is 2.28. The first-order valence-corrected chi connectivity index (χ1v) is 5.02. The molecule has 0 rings (SSSR count). The van der Waals surface area contributed by atoms with E-state index in [-0.39, 0.29) is 17.8 Å². The van der Waals surface area contributed by atoms with Crippen LogP contribution in [-0.2, 0) is 14.3 Å². The summed E-state index contributed by atoms with van der Waals surface area (Å²) in [6.45, 7) is 3.90. The number of hydrogen-bond acceptors (Lipinski definition) is 4. The van der Waals surface area contributed by atoms with Gasteiger partial charge in [0.15, 0.2) is 0 Å². The number of likely N-dealkylation sites (N-methyl/N-ethyl adjacent to an activating group) is 1. The lowest BCUT2D eigenvalue weighted by Crippen LogP contribution is -2.43. The summed E-state index contributed by atoms with van der Waals surface area (Å²) in [7, 11) is 2.97. The van der Waals surface area contributed by atoms with Crippen LogP contribution in [0.5, 0.6) is 0 Å². The summed E-state index contributed by atoms with van der Waals surface area (Å²) >= 11 is 0. The number of esters is 1. The Balaban J connectivity index is 4.18. The van der Waals surface area contributed by atoms with Crippen molar-refractivity contribution in [2.45, 2.75) is 26.3 Å². The molecule has 15 heavy (non-hydrogen) atoms. The summed E-state index contributed by atoms with van der Waals surface area (Å²) in [5, 5.41) is 0. The van der Waals surface area contributed by atoms with Gasteiger partial charge in [0.05, 0.1) is 19.1 Å². The number of carbonyl (C=O) groups is 2. The number of ether oxygens (including phenoxy) is 1. The van der Waals surface area contributed by atoms with Gasteiger partial charge in [0.1, 0.15) is 0 Å². The van der Waals surface area contributed by atoms with Crippen molar-refractivity contribution in [3.05, 3.63) is 0 Å². The van der Waals surface area contributed by atoms with Gasteiger partial charge in [0, 0.05) is 13.6 Å². The van der Waals surface area contributed by atoms with E-state index in [0.29, 0.717) is 13.0 Å². The maximum atomic E-state index is 11.6. The molecule has 1 amide bonds. The molecule has 1 unspecified atom stereocenters. The molecule has 2 atom stereocenters. The Morgan fingerprint density at radius 1 is 1.47 bits per heavy atom. The highest BCUT2D eigenvalue weighted by molar-refractivity contribution is 5.82. The molecule has 0 radical (unpaired) electrons. The number of carbonyl (C=O) groups excluding carboxylic acids is 2. The summed E-state index contributed by atoms with van der Waals surface area (Å²) < 4.78 is 4.57. The van der Waals surface area contributed by atoms with Gasteiger partial charge in [-0.3, -0.25) is 9.59 Å². The van der Waals surface area contributed by atoms with Crippen molar-refractivity contribution in [3.63, 3.8) is 0 Å². The summed E-state index contributed by atoms with van der Waals surface area (Å²) in [6, 6.07) is -0.486. The number of nitrogens with zero attached hydrogens (tertiary/aromatic N) is 1. The molecule has 0 saturated carbocycles. The molecule has 0 aromatic rings. The van der Waals surface area contributed by atoms with E-state index in [2.05, 4.69) is 4.74 Å². The van der Waals surface area contributed by atoms with E-state index in [0.717, 1.165) is 0 Å². The minimum atomic E-state index is -0.486. The van der Waals surface area contributed by atoms with Gasteiger partial charge in [-0.15, -0.1) is 0 Å². The van der Waals surface area contributed by atoms with Gasteiger partial charge < -0.3 is 15.4 Å². The Morgan fingerprint density at radius 3 is 2.40 bits per heavy atom. The van der Waals surface area contributed by atoms with E-state index in [9.17, 15) is 9.59 Å². The first kappa shape index (κ1) is 13.9. The van der Waals surface area contributed by atoms with Crippen molar-refractivity contribution < 1.29 is 14.3 Å². The molecule has 5 nitrogen and oxygen atoms in total. The third-order valence-electron chi connectivity index (χ3n) is 2.28. The Kier molecular flexibility index (Phi) is 5.93. The summed E-state index contributed by atoms with van der Waals surface area (Å²) in [6.07, 6.45) is 0.593. The van der Waals surface area contributed by atoms with Gasteiger partial charge in [-0.05, 0) is 6.42 Å². The topological polar surface area (TPSA) is 72.6 Å². The predicted octanol–water partition coefficient (Wildman–Crippen LogP) is -0.00880. The van der Waals surface area contributed by atoms with Crippen LogP contribution in [0.25, 0.3) is 0 Å². The molecule has 5 heteroatoms. The summed E-state index contributed by atoms with van der Waals surface area (Å²) in [5.41, 5.74) is 5.59. The van der Waals surface area contributed by atoms with Crippen LogP contribution in [0.15, 0.2) is 0 Å². The van der Waals surface area contributed by atoms with Crippen LogP contribution in [0.2, 0.25) is 0 Å². The molecule has 0 spiro atoms. The Bertz CT molecular complexity index is 231. The maximum Gasteiger partial charge on any atom is 0.310 e. The van der Waals surface area contributed by atoms with E-state index in [4.69, 9.17) is 5.73 Å². The van der Waals surface area contributed by atoms with E-state index >= 15 is 0 Å². The van der Waals surface area contributed by atoms with Gasteiger partial charge in [0.25, 0.3) is 0 Å². The van der Waals surface area contributed by atoms with Crippen LogP contribution >= 0.6 is 0 Å². The second-order valence-electron chi connectivity index (χ2n) is 3.66. The van der Waals surface area contributed by atoms with Crippen molar-refractivity contribution in [2.24, 2.45) is 11.7 Å². The number of amides is 1. The summed E-state index contributed by atoms with van der Waals surface area (Å²) in [4.78, 5) is 24.2. The van der Waals surface area contributed by atoms with Crippen LogP contribution in [0.3, 0.4) is 0 Å². The zero-order valence-corrected chi connectivity index (χ0v) is 9.82. The minimum absolute atomic E-state index is 0.145. The minimum Gasteiger partial charge on any atom is -0.469 e. The second-order valence-corrected chi connectivity index (χ2v) is 3.66. The first-order chi connectivity index (χ1) is 6.93. The fourth-order valence-corrected chi connectivity index (χ4v) is 1.23. The second kappa shape index (κ2) is 6.40. The average molecular weight is 216 g/mol. The predicted molar refractivity (Wildman–Crippen MR) is 57.1 cm³/mol. The van der Waals surface area contributed by atoms with Crippen molar-refractivity contribution in [3.8, 4) is 0 Å². The molecule has 0 fully saturated rings. The van der Waals surface area contributed by atoms with Crippen molar-refractivity contribution in [1.29, 1.82) is 0 Å². The highest BCUT2D eigenvalue weighted by atomic mass is 16.5. The van der Waals surface area contributed by atoms with E-state index < -0.39 is 6.04 Å². The molecule has 0 aromatic carbocycles. The number of rotatable bonds is 5. The standard InChI is InChI=1S/C10H20N2O3/c1-5-8(11)9(13)12(3)6-7(2)10(14)15-4/h7-8H,5-6,11H2,1-4H3/t7?,8-/m0/s1. The van der Waals surface area contributed by atoms with Gasteiger partial charge in [0.2, 0.25) is 5.91 Å². The fourth-order valence-electron chi connectivity index (χ4n) is 1.23. The number of hydrogen-bond donors (Lipinski definition) is 1. The van der Waals surface area contributed by atoms with Gasteiger partial charge in [-0.1, -0.05) is 13.8 Å². The van der Waals surface area contributed by atoms with E-state index in [1.165, 1.54) is 12.0 Å². The van der Waals surface area contributed by atoms with Crippen LogP contribution < -0.4 is 5.73 Å². The Labute approximate surface area is 90.6 Å². The highest BCUT2D eigenvalue weighted by Gasteiger charge is 2.21. The van der Waals surface area contributed by atoms with Crippen LogP contribution in [0.4, 0.5) is 0 Å². The van der Waals surface area contributed by atoms with Crippen LogP contribution in [-0.4, -0.2) is 43.5 Å². The summed E-state index contributed by atoms with van der Waals surface area (Å²) in [5.74, 6) is -0.791. The number of methoxy groups -OCH3 is 1. The van der Waals surface area contributed by atoms with Crippen molar-refractivity contribution in [1.82, 2.24) is 4.90 Å². The molecule has 0 bridgehead atoms. The van der Waals surface area contributed by atoms with Crippen LogP contribution in [0.1, 0.15) is 20.3 Å². The normalized spacial score (nSPS) is 14.2. The quantitative estimate of drug-likeness (QED) is 0.656. The first-order valence-electron chi connectivity index (χ1n) is 5.02. The SMILES string of the molecule is CC[C@H](N)C(=O)N(C)CC(C)C(=O)OC. The largest absolute Gasteiger partial charge is 0.469 e.